The number of carbonyl (C=O) groups is 1. The van der Waals surface area contributed by atoms with Gasteiger partial charge in [-0.15, -0.1) is 0 Å². The molecule has 0 aliphatic carbocycles. The summed E-state index contributed by atoms with van der Waals surface area (Å²) in [5, 5.41) is 3.12. The lowest BCUT2D eigenvalue weighted by Gasteiger charge is -2.20. The Hall–Kier alpha value is -2.09. The molecule has 2 aromatic rings. The van der Waals surface area contributed by atoms with E-state index in [0.29, 0.717) is 12.3 Å². The fourth-order valence-electron chi connectivity index (χ4n) is 3.06. The average molecular weight is 279 g/mol. The van der Waals surface area contributed by atoms with Gasteiger partial charge in [-0.25, -0.2) is 0 Å². The Morgan fingerprint density at radius 3 is 2.24 bits per heavy atom. The van der Waals surface area contributed by atoms with E-state index < -0.39 is 0 Å². The summed E-state index contributed by atoms with van der Waals surface area (Å²) in [4.78, 5) is 11.9. The third kappa shape index (κ3) is 2.85. The lowest BCUT2D eigenvalue weighted by molar-refractivity contribution is -0.119. The van der Waals surface area contributed by atoms with Gasteiger partial charge in [-0.2, -0.15) is 0 Å². The fourth-order valence-corrected chi connectivity index (χ4v) is 3.06. The molecule has 2 atom stereocenters. The first kappa shape index (κ1) is 13.9. The zero-order chi connectivity index (χ0) is 14.8. The molecular weight excluding hydrogens is 258 g/mol. The Bertz CT molecular complexity index is 616. The molecule has 1 aliphatic heterocycles. The van der Waals surface area contributed by atoms with Gasteiger partial charge < -0.3 is 5.32 Å². The predicted octanol–water partition coefficient (Wildman–Crippen LogP) is 4.15. The number of hydrogen-bond acceptors (Lipinski definition) is 1. The third-order valence-corrected chi connectivity index (χ3v) is 4.31. The molecule has 2 heteroatoms. The molecule has 2 nitrogen and oxygen atoms in total. The molecule has 1 N–H and O–H groups in total. The summed E-state index contributed by atoms with van der Waals surface area (Å²) in [6, 6.07) is 19.0. The fraction of sp³-hybridized carbons (Fsp3) is 0.316. The van der Waals surface area contributed by atoms with Crippen molar-refractivity contribution < 1.29 is 4.79 Å². The van der Waals surface area contributed by atoms with Gasteiger partial charge in [0.1, 0.15) is 0 Å². The van der Waals surface area contributed by atoms with Gasteiger partial charge in [-0.1, -0.05) is 68.4 Å². The molecule has 0 spiro atoms. The Morgan fingerprint density at radius 1 is 0.952 bits per heavy atom. The van der Waals surface area contributed by atoms with Gasteiger partial charge >= 0.3 is 0 Å². The van der Waals surface area contributed by atoms with E-state index in [1.165, 1.54) is 16.7 Å². The van der Waals surface area contributed by atoms with Crippen LogP contribution in [0.15, 0.2) is 54.6 Å². The van der Waals surface area contributed by atoms with Crippen molar-refractivity contribution in [1.82, 2.24) is 5.32 Å². The van der Waals surface area contributed by atoms with Crippen LogP contribution in [-0.2, 0) is 4.79 Å². The summed E-state index contributed by atoms with van der Waals surface area (Å²) in [5.41, 5.74) is 3.76. The van der Waals surface area contributed by atoms with Crippen molar-refractivity contribution in [3.05, 3.63) is 71.3 Å². The highest BCUT2D eigenvalue weighted by atomic mass is 16.2. The van der Waals surface area contributed by atoms with Crippen LogP contribution in [0.3, 0.4) is 0 Å². The molecule has 1 amide bonds. The van der Waals surface area contributed by atoms with Crippen molar-refractivity contribution in [1.29, 1.82) is 0 Å². The molecule has 3 rings (SSSR count). The molecule has 2 aromatic carbocycles. The smallest absolute Gasteiger partial charge is 0.221 e. The highest BCUT2D eigenvalue weighted by Crippen LogP contribution is 2.38. The molecule has 1 heterocycles. The van der Waals surface area contributed by atoms with Crippen LogP contribution < -0.4 is 5.32 Å². The quantitative estimate of drug-likeness (QED) is 0.898. The normalized spacial score (nSPS) is 21.6. The molecule has 0 bridgehead atoms. The summed E-state index contributed by atoms with van der Waals surface area (Å²) in [7, 11) is 0. The molecule has 1 aliphatic rings. The first-order valence-corrected chi connectivity index (χ1v) is 7.59. The van der Waals surface area contributed by atoms with Crippen LogP contribution in [-0.4, -0.2) is 5.91 Å². The van der Waals surface area contributed by atoms with E-state index in [0.717, 1.165) is 0 Å². The van der Waals surface area contributed by atoms with Gasteiger partial charge in [0.15, 0.2) is 0 Å². The van der Waals surface area contributed by atoms with E-state index in [-0.39, 0.29) is 17.9 Å². The lowest BCUT2D eigenvalue weighted by atomic mass is 9.87. The molecule has 0 saturated carbocycles. The van der Waals surface area contributed by atoms with Crippen molar-refractivity contribution in [2.24, 2.45) is 0 Å². The SMILES string of the molecule is CC(C)c1ccc(C2CC(=O)NC2c2ccccc2)cc1. The zero-order valence-electron chi connectivity index (χ0n) is 12.5. The monoisotopic (exact) mass is 279 g/mol. The van der Waals surface area contributed by atoms with Gasteiger partial charge in [-0.3, -0.25) is 4.79 Å². The summed E-state index contributed by atoms with van der Waals surface area (Å²) in [6.07, 6.45) is 0.570. The van der Waals surface area contributed by atoms with Crippen LogP contribution in [0.5, 0.6) is 0 Å². The van der Waals surface area contributed by atoms with Crippen LogP contribution >= 0.6 is 0 Å². The van der Waals surface area contributed by atoms with E-state index >= 15 is 0 Å². The van der Waals surface area contributed by atoms with Gasteiger partial charge in [0, 0.05) is 12.3 Å². The molecular formula is C19H21NO. The number of carbonyl (C=O) groups excluding carboxylic acids is 1. The second-order valence-corrected chi connectivity index (χ2v) is 6.09. The standard InChI is InChI=1S/C19H21NO/c1-13(2)14-8-10-15(11-9-14)17-12-18(21)20-19(17)16-6-4-3-5-7-16/h3-11,13,17,19H,12H2,1-2H3,(H,20,21). The van der Waals surface area contributed by atoms with Crippen LogP contribution in [0.2, 0.25) is 0 Å². The van der Waals surface area contributed by atoms with E-state index in [4.69, 9.17) is 0 Å². The van der Waals surface area contributed by atoms with E-state index in [1.807, 2.05) is 18.2 Å². The van der Waals surface area contributed by atoms with E-state index in [9.17, 15) is 4.79 Å². The molecule has 21 heavy (non-hydrogen) atoms. The highest BCUT2D eigenvalue weighted by molar-refractivity contribution is 5.80. The summed E-state index contributed by atoms with van der Waals surface area (Å²) in [5.74, 6) is 0.898. The number of benzene rings is 2. The third-order valence-electron chi connectivity index (χ3n) is 4.31. The average Bonchev–Trinajstić information content (AvgIpc) is 2.90. The number of nitrogens with one attached hydrogen (secondary N) is 1. The van der Waals surface area contributed by atoms with Crippen molar-refractivity contribution >= 4 is 5.91 Å². The first-order chi connectivity index (χ1) is 10.1. The maximum Gasteiger partial charge on any atom is 0.221 e. The Balaban J connectivity index is 1.90. The minimum atomic E-state index is 0.0867. The number of amides is 1. The van der Waals surface area contributed by atoms with Crippen LogP contribution in [0.25, 0.3) is 0 Å². The molecule has 0 aromatic heterocycles. The Morgan fingerprint density at radius 2 is 1.62 bits per heavy atom. The topological polar surface area (TPSA) is 29.1 Å². The summed E-state index contributed by atoms with van der Waals surface area (Å²) in [6.45, 7) is 4.39. The molecule has 1 saturated heterocycles. The minimum Gasteiger partial charge on any atom is -0.349 e. The summed E-state index contributed by atoms with van der Waals surface area (Å²) >= 11 is 0. The van der Waals surface area contributed by atoms with Gasteiger partial charge in [0.05, 0.1) is 6.04 Å². The van der Waals surface area contributed by atoms with Crippen molar-refractivity contribution in [2.45, 2.75) is 38.1 Å². The zero-order valence-corrected chi connectivity index (χ0v) is 12.5. The Kier molecular flexibility index (Phi) is 3.78. The lowest BCUT2D eigenvalue weighted by Crippen LogP contribution is -2.20. The number of rotatable bonds is 3. The molecule has 1 fully saturated rings. The molecule has 0 radical (unpaired) electrons. The maximum absolute atomic E-state index is 11.9. The number of hydrogen-bond donors (Lipinski definition) is 1. The van der Waals surface area contributed by atoms with Crippen molar-refractivity contribution in [3.8, 4) is 0 Å². The van der Waals surface area contributed by atoms with Crippen LogP contribution in [0.4, 0.5) is 0 Å². The van der Waals surface area contributed by atoms with Gasteiger partial charge in [0.25, 0.3) is 0 Å². The van der Waals surface area contributed by atoms with Crippen LogP contribution in [0, 0.1) is 0 Å². The highest BCUT2D eigenvalue weighted by Gasteiger charge is 2.34. The predicted molar refractivity (Wildman–Crippen MR) is 85.2 cm³/mol. The second kappa shape index (κ2) is 5.72. The first-order valence-electron chi connectivity index (χ1n) is 7.59. The molecule has 2 unspecified atom stereocenters. The van der Waals surface area contributed by atoms with Crippen LogP contribution in [0.1, 0.15) is 54.8 Å². The van der Waals surface area contributed by atoms with E-state index in [2.05, 4.69) is 55.6 Å². The molecule has 108 valence electrons. The van der Waals surface area contributed by atoms with Gasteiger partial charge in [0.2, 0.25) is 5.91 Å². The van der Waals surface area contributed by atoms with Crippen molar-refractivity contribution in [2.75, 3.05) is 0 Å². The Labute approximate surface area is 126 Å². The second-order valence-electron chi connectivity index (χ2n) is 6.09. The maximum atomic E-state index is 11.9. The minimum absolute atomic E-state index is 0.0867. The summed E-state index contributed by atoms with van der Waals surface area (Å²) < 4.78 is 0. The van der Waals surface area contributed by atoms with Gasteiger partial charge in [-0.05, 0) is 22.6 Å². The van der Waals surface area contributed by atoms with Crippen molar-refractivity contribution in [3.63, 3.8) is 0 Å². The largest absolute Gasteiger partial charge is 0.349 e. The van der Waals surface area contributed by atoms with E-state index in [1.54, 1.807) is 0 Å².